The molecule has 0 aromatic rings. The van der Waals surface area contributed by atoms with Gasteiger partial charge < -0.3 is 14.7 Å². The summed E-state index contributed by atoms with van der Waals surface area (Å²) in [5.74, 6) is 0.880. The van der Waals surface area contributed by atoms with Crippen molar-refractivity contribution in [3.63, 3.8) is 0 Å². The Morgan fingerprint density at radius 1 is 0.852 bits per heavy atom. The van der Waals surface area contributed by atoms with Crippen LogP contribution in [0.4, 0.5) is 0 Å². The number of hydrogen-bond donors (Lipinski definition) is 0. The molecule has 0 saturated carbocycles. The Hall–Kier alpha value is -1.76. The van der Waals surface area contributed by atoms with Gasteiger partial charge in [-0.3, -0.25) is 4.90 Å². The van der Waals surface area contributed by atoms with Gasteiger partial charge in [-0.1, -0.05) is 6.42 Å². The van der Waals surface area contributed by atoms with E-state index in [0.29, 0.717) is 6.04 Å². The van der Waals surface area contributed by atoms with Gasteiger partial charge in [-0.25, -0.2) is 0 Å². The fraction of sp³-hybridized carbons (Fsp3) is 0.810. The normalized spacial score (nSPS) is 24.3. The monoisotopic (exact) mass is 370 g/mol. The summed E-state index contributed by atoms with van der Waals surface area (Å²) in [7, 11) is 0. The first kappa shape index (κ1) is 20.0. The third kappa shape index (κ3) is 5.15. The number of rotatable bonds is 7. The van der Waals surface area contributed by atoms with Crippen molar-refractivity contribution in [2.45, 2.75) is 51.5 Å². The van der Waals surface area contributed by atoms with Crippen LogP contribution in [0.2, 0.25) is 0 Å². The molecule has 6 heteroatoms. The summed E-state index contributed by atoms with van der Waals surface area (Å²) in [5.41, 5.74) is 0.278. The predicted molar refractivity (Wildman–Crippen MR) is 107 cm³/mol. The molecular weight excluding hydrogens is 336 g/mol. The number of nitriles is 2. The molecule has 3 aliphatic heterocycles. The Bertz CT molecular complexity index is 579. The molecule has 148 valence electrons. The summed E-state index contributed by atoms with van der Waals surface area (Å²) in [6.07, 6.45) is 7.69. The average Bonchev–Trinajstić information content (AvgIpc) is 3.28. The molecule has 0 bridgehead atoms. The molecule has 0 aromatic heterocycles. The summed E-state index contributed by atoms with van der Waals surface area (Å²) < 4.78 is 0. The molecule has 6 nitrogen and oxygen atoms in total. The van der Waals surface area contributed by atoms with Crippen LogP contribution in [0.15, 0.2) is 11.4 Å². The fourth-order valence-corrected chi connectivity index (χ4v) is 4.77. The van der Waals surface area contributed by atoms with Crippen molar-refractivity contribution in [2.75, 3.05) is 58.9 Å². The summed E-state index contributed by atoms with van der Waals surface area (Å²) >= 11 is 0. The predicted octanol–water partition coefficient (Wildman–Crippen LogP) is 2.22. The number of nitrogens with zero attached hydrogens (tertiary/aromatic N) is 6. The molecule has 0 N–H and O–H groups in total. The minimum absolute atomic E-state index is 0.278. The van der Waals surface area contributed by atoms with Crippen molar-refractivity contribution < 1.29 is 0 Å². The Kier molecular flexibility index (Phi) is 7.38. The molecule has 3 heterocycles. The first-order chi connectivity index (χ1) is 13.2. The van der Waals surface area contributed by atoms with E-state index < -0.39 is 0 Å². The van der Waals surface area contributed by atoms with Crippen LogP contribution < -0.4 is 0 Å². The van der Waals surface area contributed by atoms with Gasteiger partial charge in [-0.05, 0) is 65.2 Å². The van der Waals surface area contributed by atoms with Gasteiger partial charge >= 0.3 is 0 Å². The smallest absolute Gasteiger partial charge is 0.169 e. The van der Waals surface area contributed by atoms with Gasteiger partial charge in [-0.2, -0.15) is 10.5 Å². The van der Waals surface area contributed by atoms with Crippen molar-refractivity contribution in [1.82, 2.24) is 19.6 Å². The molecule has 0 radical (unpaired) electrons. The van der Waals surface area contributed by atoms with Gasteiger partial charge in [0.1, 0.15) is 18.0 Å². The minimum Gasteiger partial charge on any atom is -0.355 e. The van der Waals surface area contributed by atoms with Crippen LogP contribution in [0.1, 0.15) is 45.4 Å². The van der Waals surface area contributed by atoms with E-state index in [1.807, 2.05) is 0 Å². The molecular formula is C21H34N6. The number of piperidine rings is 1. The molecule has 3 fully saturated rings. The van der Waals surface area contributed by atoms with Crippen LogP contribution in [-0.4, -0.2) is 84.5 Å². The van der Waals surface area contributed by atoms with Gasteiger partial charge in [0.15, 0.2) is 5.57 Å². The topological polar surface area (TPSA) is 60.5 Å². The van der Waals surface area contributed by atoms with Crippen molar-refractivity contribution in [2.24, 2.45) is 0 Å². The zero-order chi connectivity index (χ0) is 19.1. The van der Waals surface area contributed by atoms with Gasteiger partial charge in [0.2, 0.25) is 0 Å². The molecule has 3 saturated heterocycles. The lowest BCUT2D eigenvalue weighted by Gasteiger charge is -2.29. The van der Waals surface area contributed by atoms with Crippen LogP contribution in [0.25, 0.3) is 0 Å². The highest BCUT2D eigenvalue weighted by Gasteiger charge is 2.29. The van der Waals surface area contributed by atoms with Gasteiger partial charge in [-0.15, -0.1) is 0 Å². The lowest BCUT2D eigenvalue weighted by atomic mass is 10.1. The van der Waals surface area contributed by atoms with E-state index in [-0.39, 0.29) is 5.57 Å². The molecule has 0 amide bonds. The zero-order valence-corrected chi connectivity index (χ0v) is 16.9. The van der Waals surface area contributed by atoms with E-state index in [4.69, 9.17) is 0 Å². The molecule has 3 aliphatic rings. The molecule has 0 spiro atoms. The van der Waals surface area contributed by atoms with E-state index in [1.54, 1.807) is 0 Å². The highest BCUT2D eigenvalue weighted by Crippen LogP contribution is 2.23. The maximum atomic E-state index is 9.47. The maximum Gasteiger partial charge on any atom is 0.169 e. The average molecular weight is 371 g/mol. The number of likely N-dealkylation sites (tertiary alicyclic amines) is 2. The standard InChI is InChI=1S/C21H34N6/c1-19-7-5-11-25(19)13-14-27-16-15-26(21(27)20(17-22)18-23)12-6-10-24-8-3-2-4-9-24/h19H,2-16H2,1H3. The third-order valence-electron chi connectivity index (χ3n) is 6.38. The van der Waals surface area contributed by atoms with Crippen molar-refractivity contribution in [3.05, 3.63) is 11.4 Å². The van der Waals surface area contributed by atoms with Crippen LogP contribution in [0.5, 0.6) is 0 Å². The van der Waals surface area contributed by atoms with Gasteiger partial charge in [0, 0.05) is 38.8 Å². The Morgan fingerprint density at radius 2 is 1.56 bits per heavy atom. The molecule has 3 rings (SSSR count). The van der Waals surface area contributed by atoms with Crippen molar-refractivity contribution >= 4 is 0 Å². The summed E-state index contributed by atoms with van der Waals surface area (Å²) in [5, 5.41) is 18.9. The van der Waals surface area contributed by atoms with Crippen LogP contribution >= 0.6 is 0 Å². The number of hydrogen-bond acceptors (Lipinski definition) is 6. The molecule has 0 aliphatic carbocycles. The molecule has 1 unspecified atom stereocenters. The van der Waals surface area contributed by atoms with Crippen molar-refractivity contribution in [3.8, 4) is 12.1 Å². The molecule has 1 atom stereocenters. The molecule has 0 aromatic carbocycles. The lowest BCUT2D eigenvalue weighted by molar-refractivity contribution is 0.211. The second-order valence-electron chi connectivity index (χ2n) is 8.18. The lowest BCUT2D eigenvalue weighted by Crippen LogP contribution is -2.36. The Morgan fingerprint density at radius 3 is 2.19 bits per heavy atom. The summed E-state index contributed by atoms with van der Waals surface area (Å²) in [6, 6.07) is 4.94. The maximum absolute atomic E-state index is 9.47. The van der Waals surface area contributed by atoms with E-state index >= 15 is 0 Å². The Balaban J connectivity index is 1.56. The second-order valence-corrected chi connectivity index (χ2v) is 8.18. The quantitative estimate of drug-likeness (QED) is 0.641. The largest absolute Gasteiger partial charge is 0.355 e. The first-order valence-corrected chi connectivity index (χ1v) is 10.7. The van der Waals surface area contributed by atoms with Crippen LogP contribution in [-0.2, 0) is 0 Å². The highest BCUT2D eigenvalue weighted by atomic mass is 15.4. The van der Waals surface area contributed by atoms with Crippen LogP contribution in [0.3, 0.4) is 0 Å². The minimum atomic E-state index is 0.278. The highest BCUT2D eigenvalue weighted by molar-refractivity contribution is 5.40. The fourth-order valence-electron chi connectivity index (χ4n) is 4.77. The number of allylic oxidation sites excluding steroid dienone is 1. The van der Waals surface area contributed by atoms with Gasteiger partial charge in [0.25, 0.3) is 0 Å². The van der Waals surface area contributed by atoms with Gasteiger partial charge in [0.05, 0.1) is 0 Å². The SMILES string of the molecule is CC1CCCN1CCN1CCN(CCCN2CCCCC2)C1=C(C#N)C#N. The zero-order valence-electron chi connectivity index (χ0n) is 16.9. The first-order valence-electron chi connectivity index (χ1n) is 10.7. The van der Waals surface area contributed by atoms with E-state index in [0.717, 1.165) is 51.5 Å². The van der Waals surface area contributed by atoms with E-state index in [1.165, 1.54) is 51.7 Å². The second kappa shape index (κ2) is 9.97. The van der Waals surface area contributed by atoms with Crippen molar-refractivity contribution in [1.29, 1.82) is 10.5 Å². The third-order valence-corrected chi connectivity index (χ3v) is 6.38. The van der Waals surface area contributed by atoms with Crippen LogP contribution in [0, 0.1) is 22.7 Å². The van der Waals surface area contributed by atoms with E-state index in [2.05, 4.69) is 38.7 Å². The summed E-state index contributed by atoms with van der Waals surface area (Å²) in [4.78, 5) is 9.65. The Labute approximate surface area is 164 Å². The van der Waals surface area contributed by atoms with E-state index in [9.17, 15) is 10.5 Å². The summed E-state index contributed by atoms with van der Waals surface area (Å²) in [6.45, 7) is 11.8. The molecule has 27 heavy (non-hydrogen) atoms.